The van der Waals surface area contributed by atoms with E-state index in [9.17, 15) is 9.59 Å². The molecule has 2 atom stereocenters. The zero-order valence-electron chi connectivity index (χ0n) is 22.1. The Labute approximate surface area is 230 Å². The first-order chi connectivity index (χ1) is 19.1. The summed E-state index contributed by atoms with van der Waals surface area (Å²) < 4.78 is 7.43. The van der Waals surface area contributed by atoms with Gasteiger partial charge in [0.15, 0.2) is 6.20 Å². The number of aryl methyl sites for hydroxylation is 1. The van der Waals surface area contributed by atoms with E-state index in [1.165, 1.54) is 0 Å². The maximum absolute atomic E-state index is 13.6. The fourth-order valence-electron chi connectivity index (χ4n) is 4.21. The second-order valence-corrected chi connectivity index (χ2v) is 9.35. The Hall–Kier alpha value is -4.71. The average molecular weight is 521 g/mol. The number of alkyl carbamates (subject to hydrolysis) is 1. The van der Waals surface area contributed by atoms with E-state index >= 15 is 0 Å². The van der Waals surface area contributed by atoms with Gasteiger partial charge in [0, 0.05) is 24.6 Å². The average Bonchev–Trinajstić information content (AvgIpc) is 2.97. The summed E-state index contributed by atoms with van der Waals surface area (Å²) >= 11 is 0. The van der Waals surface area contributed by atoms with Gasteiger partial charge in [-0.05, 0) is 29.2 Å². The van der Waals surface area contributed by atoms with E-state index < -0.39 is 12.1 Å². The molecule has 4 rings (SSSR count). The number of rotatable bonds is 11. The molecule has 0 aliphatic heterocycles. The lowest BCUT2D eigenvalue weighted by Gasteiger charge is -2.22. The first-order valence-electron chi connectivity index (χ1n) is 13.0. The van der Waals surface area contributed by atoms with Crippen LogP contribution < -0.4 is 15.2 Å². The number of carbonyl (C=O) groups excluding carboxylic acids is 2. The van der Waals surface area contributed by atoms with E-state index in [1.807, 2.05) is 139 Å². The number of ether oxygens (including phenoxy) is 1. The van der Waals surface area contributed by atoms with Crippen LogP contribution in [0.15, 0.2) is 121 Å². The molecule has 0 aliphatic carbocycles. The van der Waals surface area contributed by atoms with Crippen LogP contribution in [0.3, 0.4) is 0 Å². The molecule has 0 fully saturated rings. The molecule has 0 saturated heterocycles. The van der Waals surface area contributed by atoms with E-state index in [-0.39, 0.29) is 18.6 Å². The highest BCUT2D eigenvalue weighted by Crippen LogP contribution is 2.09. The molecule has 0 bridgehead atoms. The quantitative estimate of drug-likeness (QED) is 0.280. The smallest absolute Gasteiger partial charge is 0.408 e. The largest absolute Gasteiger partial charge is 0.445 e. The molecular weight excluding hydrogens is 486 g/mol. The van der Waals surface area contributed by atoms with Crippen LogP contribution in [0.2, 0.25) is 0 Å². The third-order valence-corrected chi connectivity index (χ3v) is 6.32. The molecule has 39 heavy (non-hydrogen) atoms. The number of hydrogen-bond donors (Lipinski definition) is 2. The Bertz CT molecular complexity index is 1360. The molecule has 0 saturated carbocycles. The van der Waals surface area contributed by atoms with Crippen LogP contribution >= 0.6 is 0 Å². The van der Waals surface area contributed by atoms with Crippen LogP contribution in [0.5, 0.6) is 0 Å². The third-order valence-electron chi connectivity index (χ3n) is 6.32. The molecular formula is C33H34N3O3+. The van der Waals surface area contributed by atoms with Gasteiger partial charge in [0.2, 0.25) is 11.6 Å². The van der Waals surface area contributed by atoms with Crippen molar-refractivity contribution in [2.75, 3.05) is 0 Å². The molecule has 198 valence electrons. The molecule has 1 aromatic heterocycles. The van der Waals surface area contributed by atoms with Crippen LogP contribution in [0.1, 0.15) is 22.4 Å². The Balaban J connectivity index is 1.50. The lowest BCUT2D eigenvalue weighted by atomic mass is 10.0. The minimum absolute atomic E-state index is 0.125. The lowest BCUT2D eigenvalue weighted by molar-refractivity contribution is -0.673. The van der Waals surface area contributed by atoms with Crippen LogP contribution in [0.4, 0.5) is 4.79 Å². The van der Waals surface area contributed by atoms with Crippen LogP contribution in [-0.4, -0.2) is 24.1 Å². The predicted octanol–water partition coefficient (Wildman–Crippen LogP) is 4.79. The van der Waals surface area contributed by atoms with Crippen molar-refractivity contribution in [2.24, 2.45) is 7.05 Å². The highest BCUT2D eigenvalue weighted by Gasteiger charge is 2.24. The fourth-order valence-corrected chi connectivity index (χ4v) is 4.21. The molecule has 1 heterocycles. The number of amides is 2. The number of aromatic nitrogens is 1. The molecule has 2 amide bonds. The molecule has 6 nitrogen and oxygen atoms in total. The first kappa shape index (κ1) is 27.3. The number of pyridine rings is 1. The lowest BCUT2D eigenvalue weighted by Crippen LogP contribution is -2.51. The summed E-state index contributed by atoms with van der Waals surface area (Å²) in [5.41, 5.74) is 3.92. The zero-order valence-corrected chi connectivity index (χ0v) is 22.1. The van der Waals surface area contributed by atoms with Crippen molar-refractivity contribution in [1.29, 1.82) is 0 Å². The SMILES string of the molecule is C[n+]1ccccc1C=C[C@H](Cc1ccccc1)NC(=O)[C@H](Cc1ccccc1)NC(=O)OCc1ccccc1. The van der Waals surface area contributed by atoms with Crippen LogP contribution in [0.25, 0.3) is 6.08 Å². The van der Waals surface area contributed by atoms with Gasteiger partial charge in [-0.1, -0.05) is 97.1 Å². The number of nitrogens with zero attached hydrogens (tertiary/aromatic N) is 1. The van der Waals surface area contributed by atoms with Crippen molar-refractivity contribution in [3.8, 4) is 0 Å². The van der Waals surface area contributed by atoms with Gasteiger partial charge in [0.1, 0.15) is 19.7 Å². The van der Waals surface area contributed by atoms with Gasteiger partial charge in [-0.3, -0.25) is 4.79 Å². The summed E-state index contributed by atoms with van der Waals surface area (Å²) in [6, 6.07) is 33.9. The molecule has 0 aliphatic rings. The molecule has 4 aromatic rings. The van der Waals surface area contributed by atoms with Gasteiger partial charge in [-0.2, -0.15) is 0 Å². The highest BCUT2D eigenvalue weighted by atomic mass is 16.5. The Morgan fingerprint density at radius 3 is 1.92 bits per heavy atom. The summed E-state index contributed by atoms with van der Waals surface area (Å²) in [6.07, 6.45) is 6.28. The topological polar surface area (TPSA) is 71.3 Å². The van der Waals surface area contributed by atoms with Gasteiger partial charge >= 0.3 is 6.09 Å². The van der Waals surface area contributed by atoms with Gasteiger partial charge in [0.25, 0.3) is 0 Å². The monoisotopic (exact) mass is 520 g/mol. The standard InChI is InChI=1S/C33H33N3O3/c1-36-22-12-11-19-30(36)21-20-29(23-26-13-5-2-6-14-26)34-32(37)31(24-27-15-7-3-8-16-27)35-33(38)39-25-28-17-9-4-10-18-28/h2-22,29,31H,23-25H2,1H3,(H-,34,35,37,38)/p+1/t29-,31+/m1/s1. The van der Waals surface area contributed by atoms with Crippen LogP contribution in [0, 0.1) is 0 Å². The maximum atomic E-state index is 13.6. The number of nitrogens with one attached hydrogen (secondary N) is 2. The van der Waals surface area contributed by atoms with Crippen molar-refractivity contribution >= 4 is 18.1 Å². The highest BCUT2D eigenvalue weighted by molar-refractivity contribution is 5.86. The molecule has 3 aromatic carbocycles. The van der Waals surface area contributed by atoms with Crippen molar-refractivity contribution < 1.29 is 18.9 Å². The second kappa shape index (κ2) is 14.3. The van der Waals surface area contributed by atoms with E-state index in [2.05, 4.69) is 10.6 Å². The van der Waals surface area contributed by atoms with Gasteiger partial charge in [-0.15, -0.1) is 0 Å². The number of hydrogen-bond acceptors (Lipinski definition) is 3. The summed E-state index contributed by atoms with van der Waals surface area (Å²) in [5.74, 6) is -0.279. The Kier molecular flexibility index (Phi) is 10.0. The van der Waals surface area contributed by atoms with E-state index in [4.69, 9.17) is 4.74 Å². The summed E-state index contributed by atoms with van der Waals surface area (Å²) in [5, 5.41) is 5.94. The van der Waals surface area contributed by atoms with E-state index in [0.29, 0.717) is 12.8 Å². The summed E-state index contributed by atoms with van der Waals surface area (Å²) in [6.45, 7) is 0.125. The first-order valence-corrected chi connectivity index (χ1v) is 13.0. The minimum Gasteiger partial charge on any atom is -0.445 e. The fraction of sp³-hybridized carbons (Fsp3) is 0.182. The predicted molar refractivity (Wildman–Crippen MR) is 152 cm³/mol. The Morgan fingerprint density at radius 2 is 1.31 bits per heavy atom. The summed E-state index contributed by atoms with van der Waals surface area (Å²) in [4.78, 5) is 26.3. The van der Waals surface area contributed by atoms with Gasteiger partial charge < -0.3 is 15.4 Å². The maximum Gasteiger partial charge on any atom is 0.408 e. The van der Waals surface area contributed by atoms with E-state index in [1.54, 1.807) is 0 Å². The molecule has 0 unspecified atom stereocenters. The Morgan fingerprint density at radius 1 is 0.744 bits per heavy atom. The van der Waals surface area contributed by atoms with Crippen LogP contribution in [-0.2, 0) is 36.0 Å². The zero-order chi connectivity index (χ0) is 27.3. The van der Waals surface area contributed by atoms with E-state index in [0.717, 1.165) is 22.4 Å². The van der Waals surface area contributed by atoms with Crippen molar-refractivity contribution in [2.45, 2.75) is 31.5 Å². The van der Waals surface area contributed by atoms with Crippen molar-refractivity contribution in [1.82, 2.24) is 10.6 Å². The minimum atomic E-state index is -0.810. The summed E-state index contributed by atoms with van der Waals surface area (Å²) in [7, 11) is 1.98. The molecule has 0 spiro atoms. The third kappa shape index (κ3) is 8.97. The van der Waals surface area contributed by atoms with Crippen molar-refractivity contribution in [3.63, 3.8) is 0 Å². The van der Waals surface area contributed by atoms with Crippen molar-refractivity contribution in [3.05, 3.63) is 144 Å². The molecule has 2 N–H and O–H groups in total. The normalized spacial score (nSPS) is 12.4. The molecule has 6 heteroatoms. The second-order valence-electron chi connectivity index (χ2n) is 9.35. The van der Waals surface area contributed by atoms with Gasteiger partial charge in [-0.25, -0.2) is 9.36 Å². The molecule has 0 radical (unpaired) electrons. The number of carbonyl (C=O) groups is 2. The van der Waals surface area contributed by atoms with Gasteiger partial charge in [0.05, 0.1) is 6.04 Å². The number of benzene rings is 3.